The van der Waals surface area contributed by atoms with Gasteiger partial charge in [0.05, 0.1) is 6.20 Å². The van der Waals surface area contributed by atoms with Gasteiger partial charge in [-0.3, -0.25) is 4.79 Å². The van der Waals surface area contributed by atoms with Gasteiger partial charge in [0.2, 0.25) is 5.91 Å². The molecule has 1 aromatic rings. The molecule has 1 fully saturated rings. The quantitative estimate of drug-likeness (QED) is 0.836. The molecule has 112 valence electrons. The molecule has 1 aliphatic rings. The second kappa shape index (κ2) is 6.38. The molecule has 0 bridgehead atoms. The summed E-state index contributed by atoms with van der Waals surface area (Å²) in [4.78, 5) is 17.2. The first-order valence-electron chi connectivity index (χ1n) is 6.34. The molecule has 0 saturated carbocycles. The predicted octanol–water partition coefficient (Wildman–Crippen LogP) is 1.43. The molecule has 1 aromatic heterocycles. The molecule has 0 N–H and O–H groups in total. The Morgan fingerprint density at radius 2 is 2.15 bits per heavy atom. The van der Waals surface area contributed by atoms with Crippen molar-refractivity contribution in [3.05, 3.63) is 10.7 Å². The summed E-state index contributed by atoms with van der Waals surface area (Å²) in [6, 6.07) is 0. The summed E-state index contributed by atoms with van der Waals surface area (Å²) in [6.07, 6.45) is 2.36. The number of carbonyl (C=O) groups excluding carboxylic acids is 1. The molecule has 1 amide bonds. The van der Waals surface area contributed by atoms with Crippen LogP contribution in [0, 0.1) is 0 Å². The van der Waals surface area contributed by atoms with Gasteiger partial charge in [0.15, 0.2) is 8.68 Å². The fourth-order valence-electron chi connectivity index (χ4n) is 2.09. The molecule has 2 heterocycles. The van der Waals surface area contributed by atoms with Gasteiger partial charge in [0.25, 0.3) is 10.0 Å². The minimum atomic E-state index is -3.55. The van der Waals surface area contributed by atoms with Gasteiger partial charge in [-0.2, -0.15) is 4.31 Å². The van der Waals surface area contributed by atoms with Crippen molar-refractivity contribution in [3.63, 3.8) is 0 Å². The van der Waals surface area contributed by atoms with Crippen molar-refractivity contribution in [1.29, 1.82) is 0 Å². The van der Waals surface area contributed by atoms with Crippen molar-refractivity contribution in [3.8, 4) is 0 Å². The lowest BCUT2D eigenvalue weighted by molar-refractivity contribution is -0.130. The smallest absolute Gasteiger partial charge is 0.254 e. The van der Waals surface area contributed by atoms with Crippen molar-refractivity contribution < 1.29 is 13.2 Å². The lowest BCUT2D eigenvalue weighted by atomic mass is 10.3. The summed E-state index contributed by atoms with van der Waals surface area (Å²) in [5.74, 6) is 0.0603. The van der Waals surface area contributed by atoms with Crippen LogP contribution in [0.15, 0.2) is 10.4 Å². The molecule has 0 radical (unpaired) electrons. The fraction of sp³-hybridized carbons (Fsp3) is 0.636. The standard InChI is InChI=1S/C11H16ClN3O3S2/c1-2-9(16)14-4-3-5-15(7-6-14)20(17,18)10-8-13-11(12)19-10/h8H,2-7H2,1H3. The number of nitrogens with zero attached hydrogens (tertiary/aromatic N) is 3. The van der Waals surface area contributed by atoms with Gasteiger partial charge in [-0.15, -0.1) is 0 Å². The summed E-state index contributed by atoms with van der Waals surface area (Å²) < 4.78 is 26.6. The zero-order valence-corrected chi connectivity index (χ0v) is 13.5. The van der Waals surface area contributed by atoms with Gasteiger partial charge in [-0.1, -0.05) is 29.9 Å². The van der Waals surface area contributed by atoms with E-state index in [4.69, 9.17) is 11.6 Å². The molecule has 0 aliphatic carbocycles. The van der Waals surface area contributed by atoms with Crippen molar-refractivity contribution in [1.82, 2.24) is 14.2 Å². The van der Waals surface area contributed by atoms with Crippen LogP contribution in [0.25, 0.3) is 0 Å². The van der Waals surface area contributed by atoms with Crippen LogP contribution in [-0.4, -0.2) is 54.7 Å². The maximum Gasteiger partial charge on any atom is 0.254 e. The van der Waals surface area contributed by atoms with Gasteiger partial charge in [0, 0.05) is 32.6 Å². The number of rotatable bonds is 3. The van der Waals surface area contributed by atoms with E-state index >= 15 is 0 Å². The Labute approximate surface area is 127 Å². The number of aromatic nitrogens is 1. The topological polar surface area (TPSA) is 70.6 Å². The zero-order valence-electron chi connectivity index (χ0n) is 11.1. The Morgan fingerprint density at radius 1 is 1.40 bits per heavy atom. The van der Waals surface area contributed by atoms with E-state index in [1.54, 1.807) is 11.8 Å². The fourth-order valence-corrected chi connectivity index (χ4v) is 5.01. The number of carbonyl (C=O) groups is 1. The molecular weight excluding hydrogens is 322 g/mol. The number of thiazole rings is 1. The van der Waals surface area contributed by atoms with Gasteiger partial charge < -0.3 is 4.90 Å². The molecule has 0 unspecified atom stereocenters. The molecule has 6 nitrogen and oxygen atoms in total. The molecule has 0 atom stereocenters. The monoisotopic (exact) mass is 337 g/mol. The van der Waals surface area contributed by atoms with Gasteiger partial charge >= 0.3 is 0 Å². The molecule has 1 aliphatic heterocycles. The van der Waals surface area contributed by atoms with Gasteiger partial charge in [0.1, 0.15) is 0 Å². The van der Waals surface area contributed by atoms with E-state index in [0.717, 1.165) is 11.3 Å². The Kier molecular flexibility index (Phi) is 5.00. The third kappa shape index (κ3) is 3.30. The summed E-state index contributed by atoms with van der Waals surface area (Å²) in [7, 11) is -3.55. The summed E-state index contributed by atoms with van der Waals surface area (Å²) >= 11 is 6.64. The number of hydrogen-bond acceptors (Lipinski definition) is 5. The van der Waals surface area contributed by atoms with E-state index in [0.29, 0.717) is 39.0 Å². The summed E-state index contributed by atoms with van der Waals surface area (Å²) in [6.45, 7) is 3.55. The molecule has 1 saturated heterocycles. The summed E-state index contributed by atoms with van der Waals surface area (Å²) in [5, 5.41) is 0. The van der Waals surface area contributed by atoms with E-state index in [-0.39, 0.29) is 14.6 Å². The number of halogens is 1. The van der Waals surface area contributed by atoms with Crippen LogP contribution in [0.4, 0.5) is 0 Å². The van der Waals surface area contributed by atoms with Crippen LogP contribution in [0.3, 0.4) is 0 Å². The molecule has 9 heteroatoms. The number of amides is 1. The highest BCUT2D eigenvalue weighted by Gasteiger charge is 2.29. The first-order chi connectivity index (χ1) is 9.45. The summed E-state index contributed by atoms with van der Waals surface area (Å²) in [5.41, 5.74) is 0. The Bertz CT molecular complexity index is 587. The molecule has 20 heavy (non-hydrogen) atoms. The Morgan fingerprint density at radius 3 is 2.75 bits per heavy atom. The third-order valence-corrected chi connectivity index (χ3v) is 6.61. The second-order valence-corrected chi connectivity index (χ2v) is 8.20. The van der Waals surface area contributed by atoms with Crippen LogP contribution in [-0.2, 0) is 14.8 Å². The van der Waals surface area contributed by atoms with Crippen molar-refractivity contribution >= 4 is 38.9 Å². The average molecular weight is 338 g/mol. The zero-order chi connectivity index (χ0) is 14.8. The van der Waals surface area contributed by atoms with Crippen LogP contribution in [0.2, 0.25) is 4.47 Å². The highest BCUT2D eigenvalue weighted by atomic mass is 35.5. The molecule has 2 rings (SSSR count). The molecule has 0 aromatic carbocycles. The van der Waals surface area contributed by atoms with E-state index in [1.807, 2.05) is 0 Å². The number of sulfonamides is 1. The van der Waals surface area contributed by atoms with E-state index in [1.165, 1.54) is 10.5 Å². The lowest BCUT2D eigenvalue weighted by Gasteiger charge is -2.20. The second-order valence-electron chi connectivity index (χ2n) is 4.42. The van der Waals surface area contributed by atoms with Crippen LogP contribution >= 0.6 is 22.9 Å². The van der Waals surface area contributed by atoms with Crippen molar-refractivity contribution in [2.45, 2.75) is 24.0 Å². The average Bonchev–Trinajstić information content (AvgIpc) is 2.72. The highest BCUT2D eigenvalue weighted by molar-refractivity contribution is 7.91. The normalized spacial score (nSPS) is 18.0. The van der Waals surface area contributed by atoms with Gasteiger partial charge in [-0.05, 0) is 6.42 Å². The Balaban J connectivity index is 2.12. The van der Waals surface area contributed by atoms with Crippen LogP contribution in [0.5, 0.6) is 0 Å². The minimum Gasteiger partial charge on any atom is -0.341 e. The number of hydrogen-bond donors (Lipinski definition) is 0. The highest BCUT2D eigenvalue weighted by Crippen LogP contribution is 2.26. The van der Waals surface area contributed by atoms with Crippen molar-refractivity contribution in [2.24, 2.45) is 0 Å². The first-order valence-corrected chi connectivity index (χ1v) is 8.98. The third-order valence-electron chi connectivity index (χ3n) is 3.16. The first kappa shape index (κ1) is 15.7. The maximum absolute atomic E-state index is 12.4. The van der Waals surface area contributed by atoms with E-state index in [2.05, 4.69) is 4.98 Å². The van der Waals surface area contributed by atoms with Crippen LogP contribution < -0.4 is 0 Å². The Hall–Kier alpha value is -0.700. The SMILES string of the molecule is CCC(=O)N1CCCN(S(=O)(=O)c2cnc(Cl)s2)CC1. The van der Waals surface area contributed by atoms with E-state index in [9.17, 15) is 13.2 Å². The maximum atomic E-state index is 12.4. The molecular formula is C11H16ClN3O3S2. The minimum absolute atomic E-state index is 0.0603. The van der Waals surface area contributed by atoms with Gasteiger partial charge in [-0.25, -0.2) is 13.4 Å². The lowest BCUT2D eigenvalue weighted by Crippen LogP contribution is -2.36. The van der Waals surface area contributed by atoms with E-state index < -0.39 is 10.0 Å². The predicted molar refractivity (Wildman–Crippen MR) is 77.4 cm³/mol. The van der Waals surface area contributed by atoms with Crippen LogP contribution in [0.1, 0.15) is 19.8 Å². The molecule has 0 spiro atoms. The largest absolute Gasteiger partial charge is 0.341 e. The van der Waals surface area contributed by atoms with Crippen molar-refractivity contribution in [2.75, 3.05) is 26.2 Å².